The third-order valence-corrected chi connectivity index (χ3v) is 13.9. The fourth-order valence-electron chi connectivity index (χ4n) is 8.81. The van der Waals surface area contributed by atoms with Crippen LogP contribution in [-0.4, -0.2) is 37.2 Å². The van der Waals surface area contributed by atoms with Gasteiger partial charge in [0.25, 0.3) is 0 Å². The first-order valence-corrected chi connectivity index (χ1v) is 28.8. The van der Waals surface area contributed by atoms with Gasteiger partial charge in [-0.25, -0.2) is 0 Å². The summed E-state index contributed by atoms with van der Waals surface area (Å²) in [6.45, 7) is 11.4. The zero-order valence-electron chi connectivity index (χ0n) is 43.9. The second-order valence-corrected chi connectivity index (χ2v) is 20.4. The molecule has 0 bridgehead atoms. The molecule has 0 rings (SSSR count). The summed E-state index contributed by atoms with van der Waals surface area (Å²) in [4.78, 5) is 38.1. The topological polar surface area (TPSA) is 78.9 Å². The number of rotatable bonds is 52. The minimum absolute atomic E-state index is 0.0639. The number of carbonyl (C=O) groups is 3. The normalized spacial score (nSPS) is 12.9. The van der Waals surface area contributed by atoms with E-state index in [-0.39, 0.29) is 31.1 Å². The summed E-state index contributed by atoms with van der Waals surface area (Å²) < 4.78 is 16.9. The first-order valence-electron chi connectivity index (χ1n) is 28.8. The average molecular weight is 906 g/mol. The van der Waals surface area contributed by atoms with Crippen LogP contribution in [0, 0.1) is 11.8 Å². The Morgan fingerprint density at radius 3 is 0.812 bits per heavy atom. The van der Waals surface area contributed by atoms with E-state index in [1.165, 1.54) is 212 Å². The standard InChI is InChI=1S/C58H112O6/c1-6-9-10-11-12-13-14-15-16-17-18-19-23-26-29-32-38-43-48-56(59)62-51-55(64-58(61)50-45-40-35-34-37-42-47-54(5)8-3)52-63-57(60)49-44-39-33-30-27-24-21-20-22-25-28-31-36-41-46-53(4)7-2/h53-55H,6-52H2,1-5H3/t53?,54?,55-/m0/s1. The van der Waals surface area contributed by atoms with E-state index < -0.39 is 6.10 Å². The van der Waals surface area contributed by atoms with Gasteiger partial charge in [0.1, 0.15) is 13.2 Å². The van der Waals surface area contributed by atoms with Crippen molar-refractivity contribution in [2.24, 2.45) is 11.8 Å². The predicted octanol–water partition coefficient (Wildman–Crippen LogP) is 18.9. The summed E-state index contributed by atoms with van der Waals surface area (Å²) in [6, 6.07) is 0. The third-order valence-electron chi connectivity index (χ3n) is 13.9. The monoisotopic (exact) mass is 905 g/mol. The molecule has 0 spiro atoms. The summed E-state index contributed by atoms with van der Waals surface area (Å²) in [5.74, 6) is 0.861. The van der Waals surface area contributed by atoms with Gasteiger partial charge < -0.3 is 14.2 Å². The smallest absolute Gasteiger partial charge is 0.306 e. The highest BCUT2D eigenvalue weighted by Gasteiger charge is 2.19. The molecule has 0 heterocycles. The van der Waals surface area contributed by atoms with Gasteiger partial charge in [0.15, 0.2) is 6.10 Å². The van der Waals surface area contributed by atoms with Crippen LogP contribution < -0.4 is 0 Å². The molecule has 0 amide bonds. The molecule has 0 fully saturated rings. The molecule has 0 saturated heterocycles. The van der Waals surface area contributed by atoms with Crippen molar-refractivity contribution in [3.63, 3.8) is 0 Å². The lowest BCUT2D eigenvalue weighted by Gasteiger charge is -2.18. The van der Waals surface area contributed by atoms with Crippen molar-refractivity contribution < 1.29 is 28.6 Å². The van der Waals surface area contributed by atoms with Crippen LogP contribution in [0.1, 0.15) is 324 Å². The van der Waals surface area contributed by atoms with Gasteiger partial charge in [-0.3, -0.25) is 14.4 Å². The van der Waals surface area contributed by atoms with Gasteiger partial charge in [-0.2, -0.15) is 0 Å². The van der Waals surface area contributed by atoms with Gasteiger partial charge in [0.2, 0.25) is 0 Å². The molecule has 0 saturated carbocycles. The number of hydrogen-bond acceptors (Lipinski definition) is 6. The highest BCUT2D eigenvalue weighted by Crippen LogP contribution is 2.19. The lowest BCUT2D eigenvalue weighted by Crippen LogP contribution is -2.30. The van der Waals surface area contributed by atoms with Crippen LogP contribution in [-0.2, 0) is 28.6 Å². The molecule has 380 valence electrons. The van der Waals surface area contributed by atoms with Crippen molar-refractivity contribution in [3.8, 4) is 0 Å². The molecule has 2 unspecified atom stereocenters. The third kappa shape index (κ3) is 48.3. The van der Waals surface area contributed by atoms with Crippen LogP contribution >= 0.6 is 0 Å². The van der Waals surface area contributed by atoms with Crippen LogP contribution in [0.2, 0.25) is 0 Å². The summed E-state index contributed by atoms with van der Waals surface area (Å²) in [5.41, 5.74) is 0. The first kappa shape index (κ1) is 62.4. The SMILES string of the molecule is CCCCCCCCCCCCCCCCCCCCC(=O)OC[C@@H](COC(=O)CCCCCCCCCCCCCCCCC(C)CC)OC(=O)CCCCCCCCC(C)CC. The van der Waals surface area contributed by atoms with Crippen molar-refractivity contribution in [1.29, 1.82) is 0 Å². The molecule has 0 N–H and O–H groups in total. The summed E-state index contributed by atoms with van der Waals surface area (Å²) in [5, 5.41) is 0. The Kier molecular flexibility index (Phi) is 49.6. The number of carbonyl (C=O) groups excluding carboxylic acids is 3. The highest BCUT2D eigenvalue weighted by molar-refractivity contribution is 5.71. The molecule has 0 aliphatic carbocycles. The maximum absolute atomic E-state index is 12.8. The second-order valence-electron chi connectivity index (χ2n) is 20.4. The van der Waals surface area contributed by atoms with E-state index in [0.717, 1.165) is 69.6 Å². The van der Waals surface area contributed by atoms with Crippen LogP contribution in [0.15, 0.2) is 0 Å². The lowest BCUT2D eigenvalue weighted by atomic mass is 9.99. The average Bonchev–Trinajstić information content (AvgIpc) is 3.29. The van der Waals surface area contributed by atoms with Gasteiger partial charge in [0, 0.05) is 19.3 Å². The Morgan fingerprint density at radius 1 is 0.312 bits per heavy atom. The van der Waals surface area contributed by atoms with E-state index >= 15 is 0 Å². The number of hydrogen-bond donors (Lipinski definition) is 0. The molecule has 0 aromatic heterocycles. The van der Waals surface area contributed by atoms with Gasteiger partial charge in [-0.15, -0.1) is 0 Å². The van der Waals surface area contributed by atoms with Gasteiger partial charge >= 0.3 is 17.9 Å². The second kappa shape index (κ2) is 50.8. The van der Waals surface area contributed by atoms with E-state index in [2.05, 4.69) is 34.6 Å². The first-order chi connectivity index (χ1) is 31.3. The minimum atomic E-state index is -0.763. The lowest BCUT2D eigenvalue weighted by molar-refractivity contribution is -0.167. The Morgan fingerprint density at radius 2 is 0.547 bits per heavy atom. The van der Waals surface area contributed by atoms with E-state index in [9.17, 15) is 14.4 Å². The molecule has 0 radical (unpaired) electrons. The maximum atomic E-state index is 12.8. The number of unbranched alkanes of at least 4 members (excludes halogenated alkanes) is 35. The van der Waals surface area contributed by atoms with Crippen LogP contribution in [0.5, 0.6) is 0 Å². The Hall–Kier alpha value is -1.59. The Bertz CT molecular complexity index is 982. The molecule has 6 nitrogen and oxygen atoms in total. The highest BCUT2D eigenvalue weighted by atomic mass is 16.6. The fourth-order valence-corrected chi connectivity index (χ4v) is 8.81. The molecular weight excluding hydrogens is 793 g/mol. The van der Waals surface area contributed by atoms with Crippen molar-refractivity contribution >= 4 is 17.9 Å². The van der Waals surface area contributed by atoms with E-state index in [0.29, 0.717) is 19.3 Å². The Labute approximate surface area is 399 Å². The van der Waals surface area contributed by atoms with Crippen LogP contribution in [0.3, 0.4) is 0 Å². The van der Waals surface area contributed by atoms with E-state index in [4.69, 9.17) is 14.2 Å². The van der Waals surface area contributed by atoms with E-state index in [1.54, 1.807) is 0 Å². The van der Waals surface area contributed by atoms with E-state index in [1.807, 2.05) is 0 Å². The molecule has 0 aliphatic rings. The summed E-state index contributed by atoms with van der Waals surface area (Å²) in [6.07, 6.45) is 53.8. The minimum Gasteiger partial charge on any atom is -0.462 e. The molecular formula is C58H112O6. The quantitative estimate of drug-likeness (QED) is 0.0344. The summed E-state index contributed by atoms with van der Waals surface area (Å²) >= 11 is 0. The van der Waals surface area contributed by atoms with Crippen LogP contribution in [0.4, 0.5) is 0 Å². The number of esters is 3. The van der Waals surface area contributed by atoms with Gasteiger partial charge in [-0.1, -0.05) is 285 Å². The zero-order chi connectivity index (χ0) is 46.8. The maximum Gasteiger partial charge on any atom is 0.306 e. The van der Waals surface area contributed by atoms with Gasteiger partial charge in [-0.05, 0) is 31.1 Å². The molecule has 0 aliphatic heterocycles. The molecule has 64 heavy (non-hydrogen) atoms. The van der Waals surface area contributed by atoms with Crippen molar-refractivity contribution in [2.75, 3.05) is 13.2 Å². The van der Waals surface area contributed by atoms with Crippen molar-refractivity contribution in [2.45, 2.75) is 330 Å². The van der Waals surface area contributed by atoms with Crippen molar-refractivity contribution in [1.82, 2.24) is 0 Å². The fraction of sp³-hybridized carbons (Fsp3) is 0.948. The summed E-state index contributed by atoms with van der Waals surface area (Å²) in [7, 11) is 0. The molecule has 0 aromatic carbocycles. The molecule has 6 heteroatoms. The zero-order valence-corrected chi connectivity index (χ0v) is 43.9. The largest absolute Gasteiger partial charge is 0.462 e. The Balaban J connectivity index is 4.22. The predicted molar refractivity (Wildman–Crippen MR) is 275 cm³/mol. The van der Waals surface area contributed by atoms with Gasteiger partial charge in [0.05, 0.1) is 0 Å². The molecule has 3 atom stereocenters. The van der Waals surface area contributed by atoms with Crippen molar-refractivity contribution in [3.05, 3.63) is 0 Å². The van der Waals surface area contributed by atoms with Crippen LogP contribution in [0.25, 0.3) is 0 Å². The molecule has 0 aromatic rings. The number of ether oxygens (including phenoxy) is 3.